The van der Waals surface area contributed by atoms with Crippen LogP contribution in [-0.4, -0.2) is 61.4 Å². The summed E-state index contributed by atoms with van der Waals surface area (Å²) in [4.78, 5) is 12.9. The van der Waals surface area contributed by atoms with Crippen LogP contribution in [0.25, 0.3) is 0 Å². The summed E-state index contributed by atoms with van der Waals surface area (Å²) in [6, 6.07) is 5.44. The van der Waals surface area contributed by atoms with Gasteiger partial charge in [-0.1, -0.05) is 12.1 Å². The minimum absolute atomic E-state index is 0.0870. The highest BCUT2D eigenvalue weighted by Gasteiger charge is 2.29. The lowest BCUT2D eigenvalue weighted by molar-refractivity contribution is -0.137. The first-order chi connectivity index (χ1) is 10.3. The predicted molar refractivity (Wildman–Crippen MR) is 83.4 cm³/mol. The molecule has 1 heterocycles. The molecule has 1 N–H and O–H groups in total. The van der Waals surface area contributed by atoms with E-state index in [4.69, 9.17) is 5.11 Å². The third-order valence-electron chi connectivity index (χ3n) is 3.93. The molecule has 6 nitrogen and oxygen atoms in total. The summed E-state index contributed by atoms with van der Waals surface area (Å²) in [5.74, 6) is -0.828. The van der Waals surface area contributed by atoms with Crippen molar-refractivity contribution in [2.75, 3.05) is 32.7 Å². The van der Waals surface area contributed by atoms with Crippen LogP contribution >= 0.6 is 0 Å². The fourth-order valence-electron chi connectivity index (χ4n) is 2.57. The largest absolute Gasteiger partial charge is 0.481 e. The van der Waals surface area contributed by atoms with Crippen LogP contribution in [0, 0.1) is 13.8 Å². The molecule has 1 aliphatic rings. The molecule has 0 amide bonds. The topological polar surface area (TPSA) is 77.9 Å². The number of hydrogen-bond donors (Lipinski definition) is 1. The summed E-state index contributed by atoms with van der Waals surface area (Å²) in [5, 5.41) is 8.70. The molecule has 0 spiro atoms. The number of nitrogens with zero attached hydrogens (tertiary/aromatic N) is 2. The monoisotopic (exact) mass is 326 g/mol. The first-order valence-corrected chi connectivity index (χ1v) is 8.76. The van der Waals surface area contributed by atoms with Crippen LogP contribution in [0.5, 0.6) is 0 Å². The maximum Gasteiger partial charge on any atom is 0.304 e. The molecule has 1 aliphatic heterocycles. The second-order valence-electron chi connectivity index (χ2n) is 5.66. The van der Waals surface area contributed by atoms with Gasteiger partial charge in [0.2, 0.25) is 10.0 Å². The lowest BCUT2D eigenvalue weighted by Crippen LogP contribution is -2.49. The van der Waals surface area contributed by atoms with Gasteiger partial charge in [0.1, 0.15) is 0 Å². The molecule has 0 aliphatic carbocycles. The van der Waals surface area contributed by atoms with Gasteiger partial charge in [0.05, 0.1) is 11.3 Å². The van der Waals surface area contributed by atoms with Crippen LogP contribution in [0.3, 0.4) is 0 Å². The Morgan fingerprint density at radius 3 is 2.41 bits per heavy atom. The van der Waals surface area contributed by atoms with Gasteiger partial charge in [0.15, 0.2) is 0 Å². The Bertz CT molecular complexity index is 650. The number of rotatable bonds is 5. The number of hydrogen-bond acceptors (Lipinski definition) is 4. The van der Waals surface area contributed by atoms with E-state index in [1.54, 1.807) is 13.0 Å². The molecule has 2 rings (SSSR count). The van der Waals surface area contributed by atoms with Crippen LogP contribution in [0.4, 0.5) is 0 Å². The minimum atomic E-state index is -3.48. The first kappa shape index (κ1) is 16.9. The van der Waals surface area contributed by atoms with E-state index >= 15 is 0 Å². The third kappa shape index (κ3) is 3.85. The average Bonchev–Trinajstić information content (AvgIpc) is 2.48. The third-order valence-corrected chi connectivity index (χ3v) is 5.98. The van der Waals surface area contributed by atoms with E-state index in [1.807, 2.05) is 24.0 Å². The van der Waals surface area contributed by atoms with E-state index in [0.29, 0.717) is 37.6 Å². The maximum atomic E-state index is 12.7. The molecule has 22 heavy (non-hydrogen) atoms. The van der Waals surface area contributed by atoms with Crippen LogP contribution < -0.4 is 0 Å². The van der Waals surface area contributed by atoms with Crippen molar-refractivity contribution in [2.45, 2.75) is 25.2 Å². The van der Waals surface area contributed by atoms with Crippen molar-refractivity contribution in [1.82, 2.24) is 9.21 Å². The van der Waals surface area contributed by atoms with Crippen molar-refractivity contribution in [3.8, 4) is 0 Å². The molecule has 0 saturated carbocycles. The number of sulfonamides is 1. The van der Waals surface area contributed by atoms with Gasteiger partial charge in [-0.05, 0) is 31.0 Å². The van der Waals surface area contributed by atoms with Gasteiger partial charge >= 0.3 is 5.97 Å². The Labute approximate surface area is 131 Å². The van der Waals surface area contributed by atoms with E-state index in [-0.39, 0.29) is 6.42 Å². The number of aryl methyl sites for hydroxylation is 2. The van der Waals surface area contributed by atoms with Crippen LogP contribution in [0.15, 0.2) is 23.1 Å². The SMILES string of the molecule is Cc1ccc(C)c(S(=O)(=O)N2CCN(CCC(=O)O)CC2)c1. The van der Waals surface area contributed by atoms with Crippen molar-refractivity contribution in [1.29, 1.82) is 0 Å². The lowest BCUT2D eigenvalue weighted by Gasteiger charge is -2.34. The molecule has 1 aromatic rings. The van der Waals surface area contributed by atoms with Gasteiger partial charge in [-0.25, -0.2) is 8.42 Å². The summed E-state index contributed by atoms with van der Waals surface area (Å²) in [6.45, 7) is 6.07. The standard InChI is InChI=1S/C15H22N2O4S/c1-12-3-4-13(2)14(11-12)22(20,21)17-9-7-16(8-10-17)6-5-15(18)19/h3-4,11H,5-10H2,1-2H3,(H,18,19). The molecule has 0 unspecified atom stereocenters. The Morgan fingerprint density at radius 1 is 1.18 bits per heavy atom. The number of piperazine rings is 1. The Morgan fingerprint density at radius 2 is 1.82 bits per heavy atom. The van der Waals surface area contributed by atoms with Gasteiger partial charge in [-0.3, -0.25) is 4.79 Å². The van der Waals surface area contributed by atoms with Crippen molar-refractivity contribution in [3.05, 3.63) is 29.3 Å². The van der Waals surface area contributed by atoms with E-state index in [1.165, 1.54) is 4.31 Å². The second kappa shape index (κ2) is 6.76. The van der Waals surface area contributed by atoms with E-state index in [9.17, 15) is 13.2 Å². The van der Waals surface area contributed by atoms with Crippen LogP contribution in [0.2, 0.25) is 0 Å². The fourth-order valence-corrected chi connectivity index (χ4v) is 4.30. The van der Waals surface area contributed by atoms with Gasteiger partial charge in [-0.15, -0.1) is 0 Å². The molecule has 7 heteroatoms. The molecule has 0 aromatic heterocycles. The highest BCUT2D eigenvalue weighted by Crippen LogP contribution is 2.22. The van der Waals surface area contributed by atoms with Crippen LogP contribution in [-0.2, 0) is 14.8 Å². The number of carboxylic acids is 1. The van der Waals surface area contributed by atoms with Gasteiger partial charge < -0.3 is 10.0 Å². The van der Waals surface area contributed by atoms with Gasteiger partial charge in [0, 0.05) is 32.7 Å². The summed E-state index contributed by atoms with van der Waals surface area (Å²) >= 11 is 0. The highest BCUT2D eigenvalue weighted by molar-refractivity contribution is 7.89. The Hall–Kier alpha value is -1.44. The maximum absolute atomic E-state index is 12.7. The molecule has 1 aromatic carbocycles. The Balaban J connectivity index is 2.06. The number of benzene rings is 1. The van der Waals surface area contributed by atoms with Crippen molar-refractivity contribution >= 4 is 16.0 Å². The van der Waals surface area contributed by atoms with Gasteiger partial charge in [-0.2, -0.15) is 4.31 Å². The zero-order chi connectivity index (χ0) is 16.3. The van der Waals surface area contributed by atoms with Crippen molar-refractivity contribution < 1.29 is 18.3 Å². The fraction of sp³-hybridized carbons (Fsp3) is 0.533. The van der Waals surface area contributed by atoms with E-state index in [0.717, 1.165) is 11.1 Å². The summed E-state index contributed by atoms with van der Waals surface area (Å²) in [7, 11) is -3.48. The molecule has 0 atom stereocenters. The normalized spacial score (nSPS) is 17.5. The molecule has 0 bridgehead atoms. The van der Waals surface area contributed by atoms with Gasteiger partial charge in [0.25, 0.3) is 0 Å². The molecule has 1 fully saturated rings. The minimum Gasteiger partial charge on any atom is -0.481 e. The average molecular weight is 326 g/mol. The number of aliphatic carboxylic acids is 1. The smallest absolute Gasteiger partial charge is 0.304 e. The summed E-state index contributed by atoms with van der Waals surface area (Å²) < 4.78 is 27.0. The van der Waals surface area contributed by atoms with Crippen molar-refractivity contribution in [2.24, 2.45) is 0 Å². The molecular weight excluding hydrogens is 304 g/mol. The molecule has 1 saturated heterocycles. The number of carboxylic acid groups (broad SMARTS) is 1. The number of carbonyl (C=O) groups is 1. The van der Waals surface area contributed by atoms with Crippen molar-refractivity contribution in [3.63, 3.8) is 0 Å². The first-order valence-electron chi connectivity index (χ1n) is 7.32. The van der Waals surface area contributed by atoms with E-state index in [2.05, 4.69) is 0 Å². The second-order valence-corrected chi connectivity index (χ2v) is 7.56. The summed E-state index contributed by atoms with van der Waals surface area (Å²) in [6.07, 6.45) is 0.0870. The molecule has 122 valence electrons. The highest BCUT2D eigenvalue weighted by atomic mass is 32.2. The van der Waals surface area contributed by atoms with E-state index < -0.39 is 16.0 Å². The zero-order valence-electron chi connectivity index (χ0n) is 12.9. The Kier molecular flexibility index (Phi) is 5.20. The lowest BCUT2D eigenvalue weighted by atomic mass is 10.2. The summed E-state index contributed by atoms with van der Waals surface area (Å²) in [5.41, 5.74) is 1.67. The predicted octanol–water partition coefficient (Wildman–Crippen LogP) is 1.08. The molecule has 0 radical (unpaired) electrons. The molecular formula is C15H22N2O4S. The zero-order valence-corrected chi connectivity index (χ0v) is 13.8. The quantitative estimate of drug-likeness (QED) is 0.876. The van der Waals surface area contributed by atoms with Crippen LogP contribution in [0.1, 0.15) is 17.5 Å².